The van der Waals surface area contributed by atoms with E-state index in [9.17, 15) is 0 Å². The van der Waals surface area contributed by atoms with Gasteiger partial charge in [-0.1, -0.05) is 0 Å². The second-order valence-electron chi connectivity index (χ2n) is 5.73. The molecule has 4 aromatic rings. The third-order valence-corrected chi connectivity index (χ3v) is 5.07. The molecule has 4 rings (SSSR count). The molecule has 0 bridgehead atoms. The van der Waals surface area contributed by atoms with Crippen LogP contribution < -0.4 is 5.32 Å². The Balaban J connectivity index is 1.69. The molecule has 7 nitrogen and oxygen atoms in total. The van der Waals surface area contributed by atoms with Crippen molar-refractivity contribution >= 4 is 33.3 Å². The average Bonchev–Trinajstić information content (AvgIpc) is 3.24. The minimum Gasteiger partial charge on any atom is -0.351 e. The topological polar surface area (TPSA) is 73.5 Å². The molecule has 0 fully saturated rings. The maximum Gasteiger partial charge on any atom is 0.188 e. The van der Waals surface area contributed by atoms with Crippen molar-refractivity contribution in [2.24, 2.45) is 14.1 Å². The van der Waals surface area contributed by atoms with Crippen molar-refractivity contribution in [3.8, 4) is 11.3 Å². The summed E-state index contributed by atoms with van der Waals surface area (Å²) in [6, 6.07) is 2.16. The average molecular weight is 339 g/mol. The van der Waals surface area contributed by atoms with Gasteiger partial charge in [-0.3, -0.25) is 4.68 Å². The van der Waals surface area contributed by atoms with Crippen LogP contribution in [0.4, 0.5) is 10.9 Å². The summed E-state index contributed by atoms with van der Waals surface area (Å²) in [4.78, 5) is 13.3. The van der Waals surface area contributed by atoms with E-state index in [2.05, 4.69) is 57.3 Å². The number of anilines is 2. The molecule has 0 atom stereocenters. The smallest absolute Gasteiger partial charge is 0.188 e. The maximum absolute atomic E-state index is 4.71. The number of nitrogens with one attached hydrogen (secondary N) is 1. The van der Waals surface area contributed by atoms with Crippen LogP contribution in [-0.2, 0) is 14.1 Å². The fourth-order valence-electron chi connectivity index (χ4n) is 2.73. The van der Waals surface area contributed by atoms with Gasteiger partial charge in [0.25, 0.3) is 0 Å². The van der Waals surface area contributed by atoms with E-state index in [1.807, 2.05) is 7.05 Å². The van der Waals surface area contributed by atoms with Crippen LogP contribution in [0.5, 0.6) is 0 Å². The van der Waals surface area contributed by atoms with Gasteiger partial charge in [0.05, 0.1) is 17.3 Å². The Kier molecular flexibility index (Phi) is 3.34. The van der Waals surface area contributed by atoms with Crippen LogP contribution in [0.25, 0.3) is 22.3 Å². The molecule has 0 amide bonds. The Morgan fingerprint density at radius 2 is 2.00 bits per heavy atom. The van der Waals surface area contributed by atoms with Crippen LogP contribution in [0.2, 0.25) is 0 Å². The highest BCUT2D eigenvalue weighted by molar-refractivity contribution is 7.14. The summed E-state index contributed by atoms with van der Waals surface area (Å²) in [6.07, 6.45) is 3.29. The lowest BCUT2D eigenvalue weighted by molar-refractivity contribution is 0.785. The molecule has 1 N–H and O–H groups in total. The van der Waals surface area contributed by atoms with Crippen molar-refractivity contribution in [1.29, 1.82) is 0 Å². The molecule has 0 spiro atoms. The summed E-state index contributed by atoms with van der Waals surface area (Å²) in [6.45, 7) is 4.21. The van der Waals surface area contributed by atoms with Crippen molar-refractivity contribution in [2.45, 2.75) is 13.8 Å². The number of hydrogen-bond donors (Lipinski definition) is 1. The Bertz CT molecular complexity index is 1040. The lowest BCUT2D eigenvalue weighted by Gasteiger charge is -2.02. The molecular formula is C16H17N7S. The molecule has 0 aliphatic carbocycles. The van der Waals surface area contributed by atoms with E-state index in [1.54, 1.807) is 22.2 Å². The SMILES string of the molecule is Cc1cc(-c2csc(Nc3ncnc4c3cnn4C)n2)c(C)n1C. The van der Waals surface area contributed by atoms with Gasteiger partial charge in [0.1, 0.15) is 12.1 Å². The van der Waals surface area contributed by atoms with E-state index in [0.29, 0.717) is 0 Å². The number of aromatic nitrogens is 6. The van der Waals surface area contributed by atoms with Crippen LogP contribution in [0.3, 0.4) is 0 Å². The monoisotopic (exact) mass is 339 g/mol. The van der Waals surface area contributed by atoms with Gasteiger partial charge >= 0.3 is 0 Å². The summed E-state index contributed by atoms with van der Waals surface area (Å²) in [5.41, 5.74) is 5.35. The van der Waals surface area contributed by atoms with Gasteiger partial charge in [-0.15, -0.1) is 11.3 Å². The normalized spacial score (nSPS) is 11.3. The number of nitrogens with zero attached hydrogens (tertiary/aromatic N) is 6. The van der Waals surface area contributed by atoms with Crippen LogP contribution >= 0.6 is 11.3 Å². The highest BCUT2D eigenvalue weighted by Crippen LogP contribution is 2.31. The lowest BCUT2D eigenvalue weighted by atomic mass is 10.2. The second-order valence-corrected chi connectivity index (χ2v) is 6.59. The maximum atomic E-state index is 4.71. The molecule has 0 aromatic carbocycles. The molecule has 4 heterocycles. The zero-order chi connectivity index (χ0) is 16.8. The molecule has 0 unspecified atom stereocenters. The minimum atomic E-state index is 0.718. The van der Waals surface area contributed by atoms with Crippen LogP contribution in [0, 0.1) is 13.8 Å². The Morgan fingerprint density at radius 3 is 2.75 bits per heavy atom. The van der Waals surface area contributed by atoms with Crippen molar-refractivity contribution in [1.82, 2.24) is 29.3 Å². The summed E-state index contributed by atoms with van der Waals surface area (Å²) in [5.74, 6) is 0.718. The first-order valence-electron chi connectivity index (χ1n) is 7.53. The fourth-order valence-corrected chi connectivity index (χ4v) is 3.44. The van der Waals surface area contributed by atoms with E-state index in [1.165, 1.54) is 17.7 Å². The zero-order valence-electron chi connectivity index (χ0n) is 13.9. The van der Waals surface area contributed by atoms with Gasteiger partial charge in [0, 0.05) is 36.4 Å². The third-order valence-electron chi connectivity index (χ3n) is 4.31. The Morgan fingerprint density at radius 1 is 1.17 bits per heavy atom. The molecule has 122 valence electrons. The summed E-state index contributed by atoms with van der Waals surface area (Å²) in [7, 11) is 3.93. The van der Waals surface area contributed by atoms with Crippen molar-refractivity contribution < 1.29 is 0 Å². The molecule has 24 heavy (non-hydrogen) atoms. The lowest BCUT2D eigenvalue weighted by Crippen LogP contribution is -1.97. The van der Waals surface area contributed by atoms with Gasteiger partial charge in [-0.2, -0.15) is 5.10 Å². The molecular weight excluding hydrogens is 322 g/mol. The number of aryl methyl sites for hydroxylation is 2. The molecule has 0 saturated carbocycles. The van der Waals surface area contributed by atoms with Crippen molar-refractivity contribution in [3.05, 3.63) is 35.4 Å². The van der Waals surface area contributed by atoms with Crippen LogP contribution in [0.1, 0.15) is 11.4 Å². The largest absolute Gasteiger partial charge is 0.351 e. The molecule has 0 saturated heterocycles. The van der Waals surface area contributed by atoms with Gasteiger partial charge in [0.2, 0.25) is 0 Å². The first kappa shape index (κ1) is 14.8. The number of thiazole rings is 1. The fraction of sp³-hybridized carbons (Fsp3) is 0.250. The number of hydrogen-bond acceptors (Lipinski definition) is 6. The van der Waals surface area contributed by atoms with Gasteiger partial charge in [-0.25, -0.2) is 15.0 Å². The van der Waals surface area contributed by atoms with E-state index in [4.69, 9.17) is 4.98 Å². The highest BCUT2D eigenvalue weighted by Gasteiger charge is 2.13. The van der Waals surface area contributed by atoms with E-state index in [0.717, 1.165) is 33.2 Å². The third kappa shape index (κ3) is 2.26. The summed E-state index contributed by atoms with van der Waals surface area (Å²) in [5, 5.41) is 11.3. The highest BCUT2D eigenvalue weighted by atomic mass is 32.1. The second kappa shape index (κ2) is 5.41. The molecule has 4 aromatic heterocycles. The zero-order valence-corrected chi connectivity index (χ0v) is 14.7. The first-order valence-corrected chi connectivity index (χ1v) is 8.41. The molecule has 8 heteroatoms. The standard InChI is InChI=1S/C16H17N7S/c1-9-5-11(10(2)22(9)3)13-7-24-16(20-13)21-14-12-6-19-23(4)15(12)18-8-17-14/h5-8H,1-4H3,(H,17,18,20,21). The van der Waals surface area contributed by atoms with Gasteiger partial charge < -0.3 is 9.88 Å². The van der Waals surface area contributed by atoms with E-state index >= 15 is 0 Å². The predicted molar refractivity (Wildman–Crippen MR) is 95.6 cm³/mol. The van der Waals surface area contributed by atoms with Gasteiger partial charge in [-0.05, 0) is 19.9 Å². The number of rotatable bonds is 3. The summed E-state index contributed by atoms with van der Waals surface area (Å²) >= 11 is 1.56. The summed E-state index contributed by atoms with van der Waals surface area (Å²) < 4.78 is 3.90. The molecule has 0 aliphatic rings. The quantitative estimate of drug-likeness (QED) is 0.620. The predicted octanol–water partition coefficient (Wildman–Crippen LogP) is 3.19. The first-order chi connectivity index (χ1) is 11.5. The molecule has 0 radical (unpaired) electrons. The van der Waals surface area contributed by atoms with E-state index in [-0.39, 0.29) is 0 Å². The Hall–Kier alpha value is -2.74. The molecule has 0 aliphatic heterocycles. The minimum absolute atomic E-state index is 0.718. The van der Waals surface area contributed by atoms with Gasteiger partial charge in [0.15, 0.2) is 10.8 Å². The number of fused-ring (bicyclic) bond motifs is 1. The van der Waals surface area contributed by atoms with E-state index < -0.39 is 0 Å². The van der Waals surface area contributed by atoms with Crippen molar-refractivity contribution in [2.75, 3.05) is 5.32 Å². The van der Waals surface area contributed by atoms with Crippen LogP contribution in [-0.4, -0.2) is 29.3 Å². The van der Waals surface area contributed by atoms with Crippen LogP contribution in [0.15, 0.2) is 24.0 Å². The Labute approximate surface area is 143 Å². The van der Waals surface area contributed by atoms with Crippen molar-refractivity contribution in [3.63, 3.8) is 0 Å².